The number of benzene rings is 1. The number of rotatable bonds is 3. The van der Waals surface area contributed by atoms with E-state index < -0.39 is 40.9 Å². The first kappa shape index (κ1) is 15.3. The first-order valence-corrected chi connectivity index (χ1v) is 6.26. The highest BCUT2D eigenvalue weighted by atomic mass is 19.4. The van der Waals surface area contributed by atoms with Crippen LogP contribution in [0.2, 0.25) is 0 Å². The molecule has 0 saturated heterocycles. The zero-order chi connectivity index (χ0) is 16.0. The van der Waals surface area contributed by atoms with Gasteiger partial charge in [0, 0.05) is 5.69 Å². The Kier molecular flexibility index (Phi) is 3.47. The van der Waals surface area contributed by atoms with E-state index in [2.05, 4.69) is 5.32 Å². The molecule has 1 aliphatic rings. The van der Waals surface area contributed by atoms with Crippen LogP contribution in [0.5, 0.6) is 0 Å². The van der Waals surface area contributed by atoms with Crippen molar-refractivity contribution in [1.82, 2.24) is 0 Å². The fraction of sp³-hybridized carbons (Fsp3) is 0.429. The molecule has 7 heteroatoms. The fourth-order valence-corrected chi connectivity index (χ4v) is 2.58. The predicted octanol–water partition coefficient (Wildman–Crippen LogP) is 3.00. The van der Waals surface area contributed by atoms with Crippen LogP contribution in [0.3, 0.4) is 0 Å². The highest BCUT2D eigenvalue weighted by molar-refractivity contribution is 5.99. The molecule has 0 spiro atoms. The molecule has 21 heavy (non-hydrogen) atoms. The second-order valence-electron chi connectivity index (χ2n) is 5.68. The molecule has 1 amide bonds. The van der Waals surface area contributed by atoms with Gasteiger partial charge in [-0.05, 0) is 23.6 Å². The Labute approximate surface area is 119 Å². The van der Waals surface area contributed by atoms with Gasteiger partial charge < -0.3 is 10.4 Å². The van der Waals surface area contributed by atoms with Gasteiger partial charge in [-0.3, -0.25) is 9.59 Å². The van der Waals surface area contributed by atoms with E-state index in [-0.39, 0.29) is 5.69 Å². The topological polar surface area (TPSA) is 66.4 Å². The smallest absolute Gasteiger partial charge is 0.416 e. The van der Waals surface area contributed by atoms with Crippen molar-refractivity contribution < 1.29 is 27.9 Å². The minimum absolute atomic E-state index is 0.00154. The van der Waals surface area contributed by atoms with Gasteiger partial charge in [-0.2, -0.15) is 13.2 Å². The molecule has 2 unspecified atom stereocenters. The Bertz CT molecular complexity index is 595. The second kappa shape index (κ2) is 4.75. The van der Waals surface area contributed by atoms with Crippen LogP contribution >= 0.6 is 0 Å². The van der Waals surface area contributed by atoms with Gasteiger partial charge in [0.2, 0.25) is 5.91 Å². The third-order valence-electron chi connectivity index (χ3n) is 3.83. The summed E-state index contributed by atoms with van der Waals surface area (Å²) in [6, 6.07) is 4.24. The van der Waals surface area contributed by atoms with Gasteiger partial charge in [0.15, 0.2) is 0 Å². The molecule has 114 valence electrons. The Hall–Kier alpha value is -2.05. The van der Waals surface area contributed by atoms with Crippen LogP contribution in [0, 0.1) is 17.3 Å². The second-order valence-corrected chi connectivity index (χ2v) is 5.68. The maximum Gasteiger partial charge on any atom is 0.416 e. The number of carbonyl (C=O) groups is 2. The summed E-state index contributed by atoms with van der Waals surface area (Å²) in [5, 5.41) is 11.4. The summed E-state index contributed by atoms with van der Waals surface area (Å²) in [4.78, 5) is 23.0. The Morgan fingerprint density at radius 2 is 1.86 bits per heavy atom. The van der Waals surface area contributed by atoms with Gasteiger partial charge in [-0.15, -0.1) is 0 Å². The molecule has 2 N–H and O–H groups in total. The van der Waals surface area contributed by atoms with E-state index in [0.717, 1.165) is 12.1 Å². The molecule has 2 atom stereocenters. The largest absolute Gasteiger partial charge is 0.481 e. The van der Waals surface area contributed by atoms with E-state index in [1.54, 1.807) is 13.8 Å². The highest BCUT2D eigenvalue weighted by Gasteiger charge is 2.65. The van der Waals surface area contributed by atoms with Crippen LogP contribution < -0.4 is 5.32 Å². The lowest BCUT2D eigenvalue weighted by atomic mass is 10.1. The van der Waals surface area contributed by atoms with E-state index in [4.69, 9.17) is 5.11 Å². The summed E-state index contributed by atoms with van der Waals surface area (Å²) in [5.74, 6) is -3.22. The van der Waals surface area contributed by atoms with Crippen molar-refractivity contribution in [1.29, 1.82) is 0 Å². The number of carbonyl (C=O) groups excluding carboxylic acids is 1. The lowest BCUT2D eigenvalue weighted by molar-refractivity contribution is -0.140. The van der Waals surface area contributed by atoms with Gasteiger partial charge in [-0.1, -0.05) is 19.9 Å². The summed E-state index contributed by atoms with van der Waals surface area (Å²) >= 11 is 0. The number of hydrogen-bond acceptors (Lipinski definition) is 2. The predicted molar refractivity (Wildman–Crippen MR) is 68.5 cm³/mol. The number of carboxylic acids is 1. The summed E-state index contributed by atoms with van der Waals surface area (Å²) in [7, 11) is 0. The molecule has 0 bridgehead atoms. The van der Waals surface area contributed by atoms with Crippen LogP contribution in [0.15, 0.2) is 24.3 Å². The molecule has 0 radical (unpaired) electrons. The molecular weight excluding hydrogens is 287 g/mol. The van der Waals surface area contributed by atoms with Gasteiger partial charge in [0.1, 0.15) is 0 Å². The Morgan fingerprint density at radius 1 is 1.24 bits per heavy atom. The summed E-state index contributed by atoms with van der Waals surface area (Å²) in [6.07, 6.45) is -4.50. The molecule has 1 fully saturated rings. The van der Waals surface area contributed by atoms with E-state index in [0.29, 0.717) is 0 Å². The van der Waals surface area contributed by atoms with E-state index >= 15 is 0 Å². The van der Waals surface area contributed by atoms with E-state index in [1.807, 2.05) is 0 Å². The molecule has 0 aromatic heterocycles. The maximum absolute atomic E-state index is 12.6. The Balaban J connectivity index is 2.13. The molecule has 4 nitrogen and oxygen atoms in total. The fourth-order valence-electron chi connectivity index (χ4n) is 2.58. The van der Waals surface area contributed by atoms with Crippen molar-refractivity contribution in [3.05, 3.63) is 29.8 Å². The van der Waals surface area contributed by atoms with Crippen molar-refractivity contribution in [3.8, 4) is 0 Å². The number of amides is 1. The number of aliphatic carboxylic acids is 1. The average Bonchev–Trinajstić information content (AvgIpc) is 2.92. The zero-order valence-electron chi connectivity index (χ0n) is 11.4. The first-order chi connectivity index (χ1) is 9.55. The summed E-state index contributed by atoms with van der Waals surface area (Å²) < 4.78 is 37.7. The third kappa shape index (κ3) is 2.86. The van der Waals surface area contributed by atoms with Crippen LogP contribution in [0.4, 0.5) is 18.9 Å². The van der Waals surface area contributed by atoms with Crippen molar-refractivity contribution in [2.45, 2.75) is 20.0 Å². The third-order valence-corrected chi connectivity index (χ3v) is 3.83. The van der Waals surface area contributed by atoms with Gasteiger partial charge in [0.25, 0.3) is 0 Å². The molecule has 1 saturated carbocycles. The first-order valence-electron chi connectivity index (χ1n) is 6.26. The van der Waals surface area contributed by atoms with Crippen molar-refractivity contribution in [2.75, 3.05) is 5.32 Å². The minimum Gasteiger partial charge on any atom is -0.481 e. The minimum atomic E-state index is -4.50. The van der Waals surface area contributed by atoms with E-state index in [9.17, 15) is 22.8 Å². The lowest BCUT2D eigenvalue weighted by Crippen LogP contribution is -2.18. The SMILES string of the molecule is CC1(C)C(C(=O)O)C1C(=O)Nc1cccc(C(F)(F)F)c1. The molecule has 2 rings (SSSR count). The molecule has 1 aliphatic carbocycles. The molecule has 0 heterocycles. The summed E-state index contributed by atoms with van der Waals surface area (Å²) in [6.45, 7) is 3.28. The number of alkyl halides is 3. The summed E-state index contributed by atoms with van der Waals surface area (Å²) in [5.41, 5.74) is -1.57. The normalized spacial score (nSPS) is 23.5. The average molecular weight is 301 g/mol. The van der Waals surface area contributed by atoms with Crippen molar-refractivity contribution >= 4 is 17.6 Å². The number of nitrogens with one attached hydrogen (secondary N) is 1. The molecular formula is C14H14F3NO3. The number of halogens is 3. The Morgan fingerprint density at radius 3 is 2.33 bits per heavy atom. The standard InChI is InChI=1S/C14H14F3NO3/c1-13(2)9(10(13)12(20)21)11(19)18-8-5-3-4-7(6-8)14(15,16)17/h3-6,9-10H,1-2H3,(H,18,19)(H,20,21). The molecule has 1 aromatic rings. The quantitative estimate of drug-likeness (QED) is 0.902. The van der Waals surface area contributed by atoms with E-state index in [1.165, 1.54) is 12.1 Å². The maximum atomic E-state index is 12.6. The van der Waals surface area contributed by atoms with Gasteiger partial charge >= 0.3 is 12.1 Å². The molecule has 0 aliphatic heterocycles. The van der Waals surface area contributed by atoms with Gasteiger partial charge in [-0.25, -0.2) is 0 Å². The van der Waals surface area contributed by atoms with Crippen LogP contribution in [-0.2, 0) is 15.8 Å². The number of hydrogen-bond donors (Lipinski definition) is 2. The van der Waals surface area contributed by atoms with Crippen LogP contribution in [0.25, 0.3) is 0 Å². The van der Waals surface area contributed by atoms with Crippen LogP contribution in [0.1, 0.15) is 19.4 Å². The van der Waals surface area contributed by atoms with Crippen LogP contribution in [-0.4, -0.2) is 17.0 Å². The van der Waals surface area contributed by atoms with Crippen molar-refractivity contribution in [2.24, 2.45) is 17.3 Å². The number of anilines is 1. The molecule has 1 aromatic carbocycles. The number of carboxylic acid groups (broad SMARTS) is 1. The van der Waals surface area contributed by atoms with Crippen molar-refractivity contribution in [3.63, 3.8) is 0 Å². The highest BCUT2D eigenvalue weighted by Crippen LogP contribution is 2.58. The van der Waals surface area contributed by atoms with Gasteiger partial charge in [0.05, 0.1) is 17.4 Å². The lowest BCUT2D eigenvalue weighted by Gasteiger charge is -2.10. The monoisotopic (exact) mass is 301 g/mol. The zero-order valence-corrected chi connectivity index (χ0v) is 11.4.